The van der Waals surface area contributed by atoms with E-state index in [1.165, 1.54) is 30.2 Å². The van der Waals surface area contributed by atoms with Crippen LogP contribution in [0.3, 0.4) is 0 Å². The Morgan fingerprint density at radius 3 is 2.58 bits per heavy atom. The van der Waals surface area contributed by atoms with E-state index in [1.54, 1.807) is 23.0 Å². The van der Waals surface area contributed by atoms with Crippen molar-refractivity contribution in [2.45, 2.75) is 43.5 Å². The summed E-state index contributed by atoms with van der Waals surface area (Å²) in [5.74, 6) is -0.366. The summed E-state index contributed by atoms with van der Waals surface area (Å²) < 4.78 is 14.8. The second-order valence-electron chi connectivity index (χ2n) is 6.95. The van der Waals surface area contributed by atoms with Crippen LogP contribution in [0.2, 0.25) is 0 Å². The van der Waals surface area contributed by atoms with Crippen LogP contribution in [0.1, 0.15) is 27.7 Å². The van der Waals surface area contributed by atoms with E-state index in [0.29, 0.717) is 16.4 Å². The Kier molecular flexibility index (Phi) is 4.95. The molecular formula is C18H20FN5OS. The van der Waals surface area contributed by atoms with Crippen LogP contribution < -0.4 is 5.32 Å². The molecule has 6 nitrogen and oxygen atoms in total. The third-order valence-corrected chi connectivity index (χ3v) is 4.67. The van der Waals surface area contributed by atoms with E-state index in [2.05, 4.69) is 20.4 Å². The lowest BCUT2D eigenvalue weighted by Gasteiger charge is -2.22. The highest BCUT2D eigenvalue weighted by atomic mass is 32.2. The standard InChI is InChI=1S/C18H20FN5OS/c1-11(16(25)23-18(2,3)4)26-17-14-9-22-24(15(14)20-10-21-17)13-7-5-12(19)6-8-13/h5-11H,1-4H3,(H,23,25)/t11-/m0/s1. The number of nitrogens with one attached hydrogen (secondary N) is 1. The molecule has 0 fully saturated rings. The summed E-state index contributed by atoms with van der Waals surface area (Å²) in [4.78, 5) is 20.9. The number of hydrogen-bond acceptors (Lipinski definition) is 5. The molecule has 0 saturated carbocycles. The lowest BCUT2D eigenvalue weighted by Crippen LogP contribution is -2.44. The van der Waals surface area contributed by atoms with E-state index in [4.69, 9.17) is 0 Å². The minimum Gasteiger partial charge on any atom is -0.351 e. The molecule has 0 spiro atoms. The fraction of sp³-hybridized carbons (Fsp3) is 0.333. The highest BCUT2D eigenvalue weighted by Gasteiger charge is 2.22. The molecule has 0 radical (unpaired) electrons. The molecule has 0 saturated heterocycles. The first kappa shape index (κ1) is 18.3. The van der Waals surface area contributed by atoms with Crippen molar-refractivity contribution < 1.29 is 9.18 Å². The van der Waals surface area contributed by atoms with Gasteiger partial charge >= 0.3 is 0 Å². The normalized spacial score (nSPS) is 13.0. The molecule has 0 aliphatic heterocycles. The fourth-order valence-corrected chi connectivity index (χ4v) is 3.26. The smallest absolute Gasteiger partial charge is 0.233 e. The minimum atomic E-state index is -0.318. The van der Waals surface area contributed by atoms with Gasteiger partial charge in [-0.25, -0.2) is 19.0 Å². The lowest BCUT2D eigenvalue weighted by molar-refractivity contribution is -0.121. The highest BCUT2D eigenvalue weighted by Crippen LogP contribution is 2.29. The number of halogens is 1. The van der Waals surface area contributed by atoms with Crippen LogP contribution >= 0.6 is 11.8 Å². The van der Waals surface area contributed by atoms with Gasteiger partial charge in [0.1, 0.15) is 17.2 Å². The maximum atomic E-state index is 13.1. The highest BCUT2D eigenvalue weighted by molar-refractivity contribution is 8.00. The number of amides is 1. The first-order chi connectivity index (χ1) is 12.2. The molecule has 0 aliphatic rings. The minimum absolute atomic E-state index is 0.0554. The SMILES string of the molecule is C[C@H](Sc1ncnc2c1cnn2-c1ccc(F)cc1)C(=O)NC(C)(C)C. The summed E-state index contributed by atoms with van der Waals surface area (Å²) in [7, 11) is 0. The molecule has 8 heteroatoms. The molecular weight excluding hydrogens is 353 g/mol. The van der Waals surface area contributed by atoms with Gasteiger partial charge in [-0.05, 0) is 52.0 Å². The van der Waals surface area contributed by atoms with Crippen LogP contribution in [0.5, 0.6) is 0 Å². The Bertz CT molecular complexity index is 933. The molecule has 26 heavy (non-hydrogen) atoms. The zero-order valence-corrected chi connectivity index (χ0v) is 15.8. The predicted octanol–water partition coefficient (Wildman–Crippen LogP) is 3.35. The Morgan fingerprint density at radius 2 is 1.92 bits per heavy atom. The van der Waals surface area contributed by atoms with E-state index >= 15 is 0 Å². The van der Waals surface area contributed by atoms with Crippen LogP contribution in [0.15, 0.2) is 41.8 Å². The quantitative estimate of drug-likeness (QED) is 0.561. The molecule has 0 aliphatic carbocycles. The summed E-state index contributed by atoms with van der Waals surface area (Å²) >= 11 is 1.36. The molecule has 2 heterocycles. The molecule has 3 aromatic rings. The second-order valence-corrected chi connectivity index (χ2v) is 8.28. The molecule has 0 unspecified atom stereocenters. The fourth-order valence-electron chi connectivity index (χ4n) is 2.38. The maximum absolute atomic E-state index is 13.1. The molecule has 2 aromatic heterocycles. The summed E-state index contributed by atoms with van der Waals surface area (Å²) in [5, 5.41) is 8.42. The number of aromatic nitrogens is 4. The van der Waals surface area contributed by atoms with E-state index in [-0.39, 0.29) is 22.5 Å². The van der Waals surface area contributed by atoms with Gasteiger partial charge in [0.05, 0.1) is 22.5 Å². The molecule has 1 atom stereocenters. The topological polar surface area (TPSA) is 72.7 Å². The Hall–Kier alpha value is -2.48. The van der Waals surface area contributed by atoms with E-state index in [9.17, 15) is 9.18 Å². The van der Waals surface area contributed by atoms with E-state index in [1.807, 2.05) is 27.7 Å². The number of rotatable bonds is 4. The van der Waals surface area contributed by atoms with Crippen molar-refractivity contribution in [1.82, 2.24) is 25.1 Å². The van der Waals surface area contributed by atoms with E-state index in [0.717, 1.165) is 5.39 Å². The molecule has 3 rings (SSSR count). The van der Waals surface area contributed by atoms with Gasteiger partial charge in [0.25, 0.3) is 0 Å². The second kappa shape index (κ2) is 7.03. The first-order valence-corrected chi connectivity index (χ1v) is 9.06. The third-order valence-electron chi connectivity index (χ3n) is 3.56. The van der Waals surface area contributed by atoms with Crippen LogP contribution in [-0.4, -0.2) is 36.4 Å². The number of hydrogen-bond donors (Lipinski definition) is 1. The van der Waals surface area contributed by atoms with Crippen molar-refractivity contribution in [3.8, 4) is 5.69 Å². The number of benzene rings is 1. The van der Waals surface area contributed by atoms with E-state index < -0.39 is 0 Å². The zero-order valence-electron chi connectivity index (χ0n) is 15.0. The van der Waals surface area contributed by atoms with Gasteiger partial charge in [-0.1, -0.05) is 11.8 Å². The zero-order chi connectivity index (χ0) is 18.9. The average Bonchev–Trinajstić information content (AvgIpc) is 2.99. The van der Waals surface area contributed by atoms with Gasteiger partial charge in [-0.2, -0.15) is 5.10 Å². The monoisotopic (exact) mass is 373 g/mol. The number of carbonyl (C=O) groups is 1. The van der Waals surface area contributed by atoms with Crippen molar-refractivity contribution in [2.24, 2.45) is 0 Å². The van der Waals surface area contributed by atoms with Gasteiger partial charge < -0.3 is 5.32 Å². The Morgan fingerprint density at radius 1 is 1.23 bits per heavy atom. The van der Waals surface area contributed by atoms with Gasteiger partial charge in [-0.3, -0.25) is 4.79 Å². The average molecular weight is 373 g/mol. The first-order valence-electron chi connectivity index (χ1n) is 8.18. The summed E-state index contributed by atoms with van der Waals surface area (Å²) in [6, 6.07) is 6.02. The van der Waals surface area contributed by atoms with Gasteiger partial charge in [0.2, 0.25) is 5.91 Å². The van der Waals surface area contributed by atoms with Gasteiger partial charge in [-0.15, -0.1) is 0 Å². The van der Waals surface area contributed by atoms with Crippen LogP contribution in [0, 0.1) is 5.82 Å². The lowest BCUT2D eigenvalue weighted by atomic mass is 10.1. The van der Waals surface area contributed by atoms with Crippen LogP contribution in [0.4, 0.5) is 4.39 Å². The Balaban J connectivity index is 1.89. The van der Waals surface area contributed by atoms with Crippen molar-refractivity contribution >= 4 is 28.7 Å². The number of nitrogens with zero attached hydrogens (tertiary/aromatic N) is 4. The van der Waals surface area contributed by atoms with Crippen molar-refractivity contribution in [3.05, 3.63) is 42.6 Å². The third kappa shape index (κ3) is 4.01. The van der Waals surface area contributed by atoms with Crippen LogP contribution in [0.25, 0.3) is 16.7 Å². The molecule has 136 valence electrons. The van der Waals surface area contributed by atoms with Gasteiger partial charge in [0.15, 0.2) is 5.65 Å². The number of carbonyl (C=O) groups excluding carboxylic acids is 1. The van der Waals surface area contributed by atoms with Crippen molar-refractivity contribution in [2.75, 3.05) is 0 Å². The Labute approximate surface area is 155 Å². The molecule has 1 N–H and O–H groups in total. The predicted molar refractivity (Wildman–Crippen MR) is 99.8 cm³/mol. The summed E-state index contributed by atoms with van der Waals surface area (Å²) in [6.45, 7) is 7.66. The number of thioether (sulfide) groups is 1. The van der Waals surface area contributed by atoms with Crippen molar-refractivity contribution in [3.63, 3.8) is 0 Å². The number of fused-ring (bicyclic) bond motifs is 1. The molecule has 1 aromatic carbocycles. The molecule has 0 bridgehead atoms. The van der Waals surface area contributed by atoms with Crippen molar-refractivity contribution in [1.29, 1.82) is 0 Å². The van der Waals surface area contributed by atoms with Crippen LogP contribution in [-0.2, 0) is 4.79 Å². The summed E-state index contributed by atoms with van der Waals surface area (Å²) in [5.41, 5.74) is 1.02. The maximum Gasteiger partial charge on any atom is 0.233 e. The summed E-state index contributed by atoms with van der Waals surface area (Å²) in [6.07, 6.45) is 3.11. The molecule has 1 amide bonds. The van der Waals surface area contributed by atoms with Gasteiger partial charge in [0, 0.05) is 5.54 Å². The largest absolute Gasteiger partial charge is 0.351 e.